The van der Waals surface area contributed by atoms with Gasteiger partial charge in [-0.05, 0) is 75.0 Å². The van der Waals surface area contributed by atoms with E-state index in [4.69, 9.17) is 16.3 Å². The first kappa shape index (κ1) is 36.3. The highest BCUT2D eigenvalue weighted by molar-refractivity contribution is 7.89. The molecule has 2 bridgehead atoms. The number of rotatable bonds is 9. The number of ether oxygens (including phenoxy) is 1. The Kier molecular flexibility index (Phi) is 11.5. The zero-order valence-electron chi connectivity index (χ0n) is 26.4. The summed E-state index contributed by atoms with van der Waals surface area (Å²) in [6.45, 7) is 0.746. The number of anilines is 1. The first-order valence-corrected chi connectivity index (χ1v) is 18.1. The second kappa shape index (κ2) is 15.3. The van der Waals surface area contributed by atoms with Crippen molar-refractivity contribution in [2.24, 2.45) is 11.8 Å². The SMILES string of the molecule is COC(=O)NC(C(=O)Nc1cncc(F)c1CCC1CNC2CCCS(=O)(=O)N1C2)C(c1ccc(Cl)cc1)C1CCC(C(F)(F)F)CC1. The molecule has 1 aromatic carbocycles. The number of sulfonamides is 1. The van der Waals surface area contributed by atoms with Gasteiger partial charge in [0.25, 0.3) is 0 Å². The molecule has 2 aromatic rings. The normalized spacial score (nSPS) is 26.8. The molecule has 5 unspecified atom stereocenters. The molecule has 2 aliphatic heterocycles. The van der Waals surface area contributed by atoms with Crippen LogP contribution in [-0.2, 0) is 26.0 Å². The molecule has 3 aliphatic rings. The van der Waals surface area contributed by atoms with Gasteiger partial charge < -0.3 is 20.7 Å². The van der Waals surface area contributed by atoms with E-state index < -0.39 is 63.9 Å². The number of hydrogen-bond donors (Lipinski definition) is 3. The molecule has 1 aliphatic carbocycles. The second-order valence-electron chi connectivity index (χ2n) is 12.8. The molecule has 1 aromatic heterocycles. The van der Waals surface area contributed by atoms with Crippen LogP contribution in [0.1, 0.15) is 62.0 Å². The van der Waals surface area contributed by atoms with Gasteiger partial charge in [0.15, 0.2) is 0 Å². The summed E-state index contributed by atoms with van der Waals surface area (Å²) in [5, 5.41) is 9.07. The van der Waals surface area contributed by atoms with Crippen molar-refractivity contribution >= 4 is 39.3 Å². The van der Waals surface area contributed by atoms with E-state index in [-0.39, 0.29) is 61.6 Å². The molecule has 16 heteroatoms. The zero-order chi connectivity index (χ0) is 34.6. The van der Waals surface area contributed by atoms with E-state index in [2.05, 4.69) is 20.9 Å². The summed E-state index contributed by atoms with van der Waals surface area (Å²) < 4.78 is 88.1. The fourth-order valence-electron chi connectivity index (χ4n) is 7.32. The highest BCUT2D eigenvalue weighted by Gasteiger charge is 2.45. The lowest BCUT2D eigenvalue weighted by molar-refractivity contribution is -0.184. The van der Waals surface area contributed by atoms with E-state index in [0.29, 0.717) is 30.1 Å². The summed E-state index contributed by atoms with van der Waals surface area (Å²) in [6.07, 6.45) is -1.33. The average molecular weight is 718 g/mol. The number of nitrogens with zero attached hydrogens (tertiary/aromatic N) is 2. The highest BCUT2D eigenvalue weighted by atomic mass is 35.5. The number of alkyl carbamates (subject to hydrolysis) is 1. The Morgan fingerprint density at radius 3 is 2.50 bits per heavy atom. The van der Waals surface area contributed by atoms with Gasteiger partial charge >= 0.3 is 12.3 Å². The smallest absolute Gasteiger partial charge is 0.407 e. The summed E-state index contributed by atoms with van der Waals surface area (Å²) in [7, 11) is -2.35. The Balaban J connectivity index is 1.41. The number of aromatic nitrogens is 1. The Labute approximate surface area is 282 Å². The summed E-state index contributed by atoms with van der Waals surface area (Å²) in [6, 6.07) is 4.83. The number of carbonyl (C=O) groups excluding carboxylic acids is 2. The minimum atomic E-state index is -4.34. The van der Waals surface area contributed by atoms with Gasteiger partial charge in [-0.3, -0.25) is 9.78 Å². The number of hydrogen-bond acceptors (Lipinski definition) is 7. The van der Waals surface area contributed by atoms with Crippen LogP contribution >= 0.6 is 11.6 Å². The molecule has 0 radical (unpaired) electrons. The molecule has 48 heavy (non-hydrogen) atoms. The van der Waals surface area contributed by atoms with Crippen molar-refractivity contribution in [3.63, 3.8) is 0 Å². The van der Waals surface area contributed by atoms with Crippen LogP contribution in [0, 0.1) is 17.7 Å². The molecule has 3 heterocycles. The van der Waals surface area contributed by atoms with Crippen molar-refractivity contribution in [1.82, 2.24) is 19.9 Å². The Morgan fingerprint density at radius 1 is 1.12 bits per heavy atom. The van der Waals surface area contributed by atoms with Crippen molar-refractivity contribution in [3.05, 3.63) is 58.6 Å². The first-order valence-electron chi connectivity index (χ1n) is 16.1. The van der Waals surface area contributed by atoms with Gasteiger partial charge in [-0.2, -0.15) is 17.5 Å². The van der Waals surface area contributed by atoms with E-state index >= 15 is 4.39 Å². The van der Waals surface area contributed by atoms with Crippen LogP contribution in [0.25, 0.3) is 0 Å². The van der Waals surface area contributed by atoms with Crippen LogP contribution in [0.3, 0.4) is 0 Å². The van der Waals surface area contributed by atoms with Crippen molar-refractivity contribution in [2.45, 2.75) is 81.6 Å². The Morgan fingerprint density at radius 2 is 1.83 bits per heavy atom. The van der Waals surface area contributed by atoms with E-state index in [0.717, 1.165) is 19.7 Å². The third kappa shape index (κ3) is 8.58. The number of fused-ring (bicyclic) bond motifs is 2. The second-order valence-corrected chi connectivity index (χ2v) is 15.3. The van der Waals surface area contributed by atoms with Gasteiger partial charge in [0.2, 0.25) is 15.9 Å². The standard InChI is InChI=1S/C32H40ClF4N5O5S/c1-47-31(44)41-29(28(20-6-10-22(33)11-7-20)19-4-8-21(9-5-19)32(35,36)37)30(43)40-27-17-38-16-26(34)25(27)13-12-24-15-39-23-3-2-14-48(45,46)42(24)18-23/h6-7,10-11,16-17,19,21,23-24,28-29,39H,2-5,8-9,12-15,18H2,1H3,(H,40,43)(H,41,44). The number of nitrogens with one attached hydrogen (secondary N) is 3. The zero-order valence-corrected chi connectivity index (χ0v) is 28.0. The molecule has 1 saturated carbocycles. The maximum atomic E-state index is 15.3. The summed E-state index contributed by atoms with van der Waals surface area (Å²) in [5.74, 6) is -4.07. The van der Waals surface area contributed by atoms with Crippen LogP contribution in [0.4, 0.5) is 28.0 Å². The molecular weight excluding hydrogens is 678 g/mol. The monoisotopic (exact) mass is 717 g/mol. The van der Waals surface area contributed by atoms with Gasteiger partial charge in [-0.15, -0.1) is 0 Å². The summed E-state index contributed by atoms with van der Waals surface area (Å²) >= 11 is 6.12. The fraction of sp³-hybridized carbons (Fsp3) is 0.594. The molecule has 5 rings (SSSR count). The predicted molar refractivity (Wildman–Crippen MR) is 171 cm³/mol. The van der Waals surface area contributed by atoms with Gasteiger partial charge in [0.1, 0.15) is 11.9 Å². The maximum Gasteiger partial charge on any atom is 0.407 e. The number of pyridine rings is 1. The molecule has 10 nitrogen and oxygen atoms in total. The summed E-state index contributed by atoms with van der Waals surface area (Å²) in [5.41, 5.74) is 0.719. The van der Waals surface area contributed by atoms with Gasteiger partial charge in [-0.25, -0.2) is 17.6 Å². The van der Waals surface area contributed by atoms with E-state index in [1.165, 1.54) is 10.5 Å². The lowest BCUT2D eigenvalue weighted by atomic mass is 9.70. The van der Waals surface area contributed by atoms with Crippen LogP contribution in [0.5, 0.6) is 0 Å². The highest BCUT2D eigenvalue weighted by Crippen LogP contribution is 2.45. The lowest BCUT2D eigenvalue weighted by Gasteiger charge is -2.38. The number of alkyl halides is 3. The quantitative estimate of drug-likeness (QED) is 0.297. The molecular formula is C32H40ClF4N5O5S. The van der Waals surface area contributed by atoms with Gasteiger partial charge in [0, 0.05) is 41.7 Å². The van der Waals surface area contributed by atoms with Gasteiger partial charge in [0.05, 0.1) is 36.9 Å². The van der Waals surface area contributed by atoms with Crippen LogP contribution in [0.15, 0.2) is 36.7 Å². The molecule has 0 spiro atoms. The first-order chi connectivity index (χ1) is 22.8. The Bertz CT molecular complexity index is 1560. The van der Waals surface area contributed by atoms with E-state index in [1.807, 2.05) is 0 Å². The van der Waals surface area contributed by atoms with E-state index in [9.17, 15) is 31.2 Å². The minimum Gasteiger partial charge on any atom is -0.453 e. The van der Waals surface area contributed by atoms with Crippen LogP contribution in [0.2, 0.25) is 5.02 Å². The molecule has 3 fully saturated rings. The fourth-order valence-corrected chi connectivity index (χ4v) is 9.25. The number of amides is 2. The molecule has 3 N–H and O–H groups in total. The number of methoxy groups -OCH3 is 1. The van der Waals surface area contributed by atoms with Crippen molar-refractivity contribution < 1.29 is 40.3 Å². The minimum absolute atomic E-state index is 0.0349. The van der Waals surface area contributed by atoms with Crippen molar-refractivity contribution in [1.29, 1.82) is 0 Å². The predicted octanol–water partition coefficient (Wildman–Crippen LogP) is 5.39. The van der Waals surface area contributed by atoms with E-state index in [1.54, 1.807) is 24.3 Å². The number of halogens is 5. The van der Waals surface area contributed by atoms with Gasteiger partial charge in [-0.1, -0.05) is 23.7 Å². The van der Waals surface area contributed by atoms with Crippen LogP contribution in [-0.4, -0.2) is 80.0 Å². The van der Waals surface area contributed by atoms with Crippen molar-refractivity contribution in [3.8, 4) is 0 Å². The third-order valence-electron chi connectivity index (χ3n) is 9.85. The molecule has 2 saturated heterocycles. The van der Waals surface area contributed by atoms with Crippen molar-refractivity contribution in [2.75, 3.05) is 31.3 Å². The molecule has 264 valence electrons. The average Bonchev–Trinajstić information content (AvgIpc) is 3.16. The number of benzene rings is 1. The third-order valence-corrected chi connectivity index (χ3v) is 12.1. The number of piperazine rings is 1. The topological polar surface area (TPSA) is 130 Å². The lowest BCUT2D eigenvalue weighted by Crippen LogP contribution is -2.57. The maximum absolute atomic E-state index is 15.3. The summed E-state index contributed by atoms with van der Waals surface area (Å²) in [4.78, 5) is 30.6. The number of carbonyl (C=O) groups is 2. The Hall–Kier alpha value is -3.01. The largest absolute Gasteiger partial charge is 0.453 e. The van der Waals surface area contributed by atoms with Crippen LogP contribution < -0.4 is 16.0 Å². The molecule has 5 atom stereocenters. The molecule has 2 amide bonds.